The van der Waals surface area contributed by atoms with Crippen LogP contribution in [0.25, 0.3) is 10.9 Å². The fourth-order valence-corrected chi connectivity index (χ4v) is 3.37. The normalized spacial score (nSPS) is 13.8. The molecule has 0 atom stereocenters. The number of hydrogen-bond donors (Lipinski definition) is 2. The number of para-hydroxylation sites is 1. The fourth-order valence-electron chi connectivity index (χ4n) is 3.37. The Bertz CT molecular complexity index is 897. The van der Waals surface area contributed by atoms with E-state index in [1.165, 1.54) is 16.7 Å². The molecule has 4 nitrogen and oxygen atoms in total. The Hall–Kier alpha value is -2.75. The third-order valence-corrected chi connectivity index (χ3v) is 4.81. The van der Waals surface area contributed by atoms with Crippen molar-refractivity contribution in [1.82, 2.24) is 9.88 Å². The minimum absolute atomic E-state index is 0.0371. The molecule has 1 aromatic heterocycles. The van der Waals surface area contributed by atoms with Crippen LogP contribution in [0.15, 0.2) is 48.7 Å². The van der Waals surface area contributed by atoms with Gasteiger partial charge in [-0.3, -0.25) is 0 Å². The molecule has 0 saturated carbocycles. The van der Waals surface area contributed by atoms with Gasteiger partial charge in [0, 0.05) is 30.2 Å². The summed E-state index contributed by atoms with van der Waals surface area (Å²) in [6.07, 6.45) is 3.83. The molecule has 0 spiro atoms. The number of anilines is 1. The molecule has 0 saturated heterocycles. The molecule has 0 aliphatic carbocycles. The first-order chi connectivity index (χ1) is 11.7. The highest BCUT2D eigenvalue weighted by Gasteiger charge is 2.21. The summed E-state index contributed by atoms with van der Waals surface area (Å²) in [5.41, 5.74) is 5.87. The number of nitrogens with one attached hydrogen (secondary N) is 2. The van der Waals surface area contributed by atoms with Gasteiger partial charge in [0.25, 0.3) is 0 Å². The van der Waals surface area contributed by atoms with Gasteiger partial charge >= 0.3 is 6.03 Å². The number of carbonyl (C=O) groups is 1. The molecule has 2 heterocycles. The lowest BCUT2D eigenvalue weighted by Crippen LogP contribution is -2.38. The Morgan fingerprint density at radius 2 is 2.08 bits per heavy atom. The average molecular weight is 319 g/mol. The van der Waals surface area contributed by atoms with Gasteiger partial charge in [-0.15, -0.1) is 0 Å². The van der Waals surface area contributed by atoms with Crippen molar-refractivity contribution in [2.24, 2.45) is 0 Å². The van der Waals surface area contributed by atoms with E-state index in [2.05, 4.69) is 35.4 Å². The van der Waals surface area contributed by atoms with Crippen LogP contribution in [-0.2, 0) is 19.4 Å². The second-order valence-electron chi connectivity index (χ2n) is 6.31. The second-order valence-corrected chi connectivity index (χ2v) is 6.31. The Labute approximate surface area is 141 Å². The van der Waals surface area contributed by atoms with Crippen molar-refractivity contribution >= 4 is 22.6 Å². The highest BCUT2D eigenvalue weighted by Crippen LogP contribution is 2.25. The van der Waals surface area contributed by atoms with Crippen molar-refractivity contribution in [3.8, 4) is 0 Å². The van der Waals surface area contributed by atoms with Gasteiger partial charge in [0.2, 0.25) is 0 Å². The van der Waals surface area contributed by atoms with Crippen LogP contribution >= 0.6 is 0 Å². The number of urea groups is 1. The Morgan fingerprint density at radius 3 is 2.96 bits per heavy atom. The number of H-pyrrole nitrogens is 1. The number of benzene rings is 2. The monoisotopic (exact) mass is 319 g/mol. The molecule has 2 aromatic carbocycles. The van der Waals surface area contributed by atoms with Crippen LogP contribution in [0.1, 0.15) is 23.6 Å². The highest BCUT2D eigenvalue weighted by atomic mass is 16.2. The van der Waals surface area contributed by atoms with Crippen molar-refractivity contribution in [2.75, 3.05) is 11.9 Å². The van der Waals surface area contributed by atoms with Crippen molar-refractivity contribution in [1.29, 1.82) is 0 Å². The molecule has 2 N–H and O–H groups in total. The summed E-state index contributed by atoms with van der Waals surface area (Å²) < 4.78 is 0. The quantitative estimate of drug-likeness (QED) is 0.726. The van der Waals surface area contributed by atoms with Crippen LogP contribution in [-0.4, -0.2) is 22.5 Å². The van der Waals surface area contributed by atoms with Gasteiger partial charge in [-0.05, 0) is 35.6 Å². The average Bonchev–Trinajstić information content (AvgIpc) is 3.04. The summed E-state index contributed by atoms with van der Waals surface area (Å²) in [7, 11) is 0. The SMILES string of the molecule is CCc1ccc2c(c1)CCN(C(=O)Nc1c[nH]c3ccccc13)C2. The zero-order valence-corrected chi connectivity index (χ0v) is 13.8. The van der Waals surface area contributed by atoms with E-state index >= 15 is 0 Å². The van der Waals surface area contributed by atoms with E-state index in [1.54, 1.807) is 0 Å². The molecule has 1 aliphatic heterocycles. The van der Waals surface area contributed by atoms with Gasteiger partial charge in [-0.2, -0.15) is 0 Å². The number of nitrogens with zero attached hydrogens (tertiary/aromatic N) is 1. The van der Waals surface area contributed by atoms with Crippen LogP contribution in [0.3, 0.4) is 0 Å². The maximum absolute atomic E-state index is 12.6. The second kappa shape index (κ2) is 6.04. The lowest BCUT2D eigenvalue weighted by atomic mass is 9.97. The largest absolute Gasteiger partial charge is 0.359 e. The maximum atomic E-state index is 12.6. The summed E-state index contributed by atoms with van der Waals surface area (Å²) in [4.78, 5) is 17.7. The molecule has 0 unspecified atom stereocenters. The Kier molecular flexibility index (Phi) is 3.73. The van der Waals surface area contributed by atoms with E-state index in [-0.39, 0.29) is 6.03 Å². The molecule has 2 amide bonds. The minimum Gasteiger partial charge on any atom is -0.359 e. The zero-order valence-electron chi connectivity index (χ0n) is 13.8. The third kappa shape index (κ3) is 2.64. The summed E-state index contributed by atoms with van der Waals surface area (Å²) >= 11 is 0. The fraction of sp³-hybridized carbons (Fsp3) is 0.250. The molecule has 0 radical (unpaired) electrons. The molecule has 0 fully saturated rings. The molecular formula is C20H21N3O. The third-order valence-electron chi connectivity index (χ3n) is 4.81. The molecule has 0 bridgehead atoms. The Balaban J connectivity index is 1.51. The van der Waals surface area contributed by atoms with Crippen molar-refractivity contribution in [3.63, 3.8) is 0 Å². The molecule has 3 aromatic rings. The predicted molar refractivity (Wildman–Crippen MR) is 97.3 cm³/mol. The number of amides is 2. The molecule has 4 rings (SSSR count). The van der Waals surface area contributed by atoms with Crippen LogP contribution in [0.5, 0.6) is 0 Å². The Morgan fingerprint density at radius 1 is 1.21 bits per heavy atom. The van der Waals surface area contributed by atoms with E-state index in [4.69, 9.17) is 0 Å². The van der Waals surface area contributed by atoms with Crippen LogP contribution in [0.2, 0.25) is 0 Å². The molecule has 4 heteroatoms. The van der Waals surface area contributed by atoms with Gasteiger partial charge in [0.15, 0.2) is 0 Å². The first-order valence-electron chi connectivity index (χ1n) is 8.47. The molecule has 122 valence electrons. The number of fused-ring (bicyclic) bond motifs is 2. The summed E-state index contributed by atoms with van der Waals surface area (Å²) in [5.74, 6) is 0. The van der Waals surface area contributed by atoms with Crippen molar-refractivity contribution < 1.29 is 4.79 Å². The van der Waals surface area contributed by atoms with Crippen molar-refractivity contribution in [2.45, 2.75) is 26.3 Å². The standard InChI is InChI=1S/C20H21N3O/c1-2-14-7-8-16-13-23(10-9-15(16)11-14)20(24)22-19-12-21-18-6-4-3-5-17(18)19/h3-8,11-12,21H,2,9-10,13H2,1H3,(H,22,24). The lowest BCUT2D eigenvalue weighted by Gasteiger charge is -2.29. The van der Waals surface area contributed by atoms with E-state index < -0.39 is 0 Å². The smallest absolute Gasteiger partial charge is 0.322 e. The highest BCUT2D eigenvalue weighted by molar-refractivity contribution is 6.01. The number of hydrogen-bond acceptors (Lipinski definition) is 1. The van der Waals surface area contributed by atoms with Crippen molar-refractivity contribution in [3.05, 3.63) is 65.4 Å². The minimum atomic E-state index is -0.0371. The molecular weight excluding hydrogens is 298 g/mol. The zero-order chi connectivity index (χ0) is 16.5. The van der Waals surface area contributed by atoms with Crippen LogP contribution < -0.4 is 5.32 Å². The number of rotatable bonds is 2. The molecule has 1 aliphatic rings. The number of aromatic nitrogens is 1. The lowest BCUT2D eigenvalue weighted by molar-refractivity contribution is 0.206. The number of aryl methyl sites for hydroxylation is 1. The van der Waals surface area contributed by atoms with Crippen LogP contribution in [0, 0.1) is 0 Å². The van der Waals surface area contributed by atoms with Gasteiger partial charge in [0.1, 0.15) is 0 Å². The van der Waals surface area contributed by atoms with Gasteiger partial charge in [-0.25, -0.2) is 4.79 Å². The number of aromatic amines is 1. The predicted octanol–water partition coefficient (Wildman–Crippen LogP) is 4.32. The van der Waals surface area contributed by atoms with Gasteiger partial charge in [-0.1, -0.05) is 43.3 Å². The summed E-state index contributed by atoms with van der Waals surface area (Å²) in [6.45, 7) is 3.60. The van der Waals surface area contributed by atoms with E-state index in [9.17, 15) is 4.79 Å². The van der Waals surface area contributed by atoms with E-state index in [0.29, 0.717) is 6.54 Å². The van der Waals surface area contributed by atoms with Crippen LogP contribution in [0.4, 0.5) is 10.5 Å². The number of carbonyl (C=O) groups excluding carboxylic acids is 1. The summed E-state index contributed by atoms with van der Waals surface area (Å²) in [5, 5.41) is 4.08. The van der Waals surface area contributed by atoms with Gasteiger partial charge < -0.3 is 15.2 Å². The first kappa shape index (κ1) is 14.8. The van der Waals surface area contributed by atoms with E-state index in [1.807, 2.05) is 35.4 Å². The topological polar surface area (TPSA) is 48.1 Å². The first-order valence-corrected chi connectivity index (χ1v) is 8.47. The maximum Gasteiger partial charge on any atom is 0.322 e. The molecule has 24 heavy (non-hydrogen) atoms. The summed E-state index contributed by atoms with van der Waals surface area (Å²) in [6, 6.07) is 14.6. The van der Waals surface area contributed by atoms with E-state index in [0.717, 1.165) is 36.0 Å². The van der Waals surface area contributed by atoms with Gasteiger partial charge in [0.05, 0.1) is 5.69 Å².